The second-order valence-corrected chi connectivity index (χ2v) is 4.89. The number of hydrogen-bond acceptors (Lipinski definition) is 4. The van der Waals surface area contributed by atoms with Crippen LogP contribution < -0.4 is 15.6 Å². The zero-order chi connectivity index (χ0) is 14.7. The molecule has 0 spiro atoms. The molecule has 0 saturated heterocycles. The third-order valence-electron chi connectivity index (χ3n) is 3.50. The lowest BCUT2D eigenvalue weighted by Crippen LogP contribution is -2.31. The lowest BCUT2D eigenvalue weighted by Gasteiger charge is -2.25. The topological polar surface area (TPSA) is 84.1 Å². The van der Waals surface area contributed by atoms with Crippen molar-refractivity contribution in [3.63, 3.8) is 0 Å². The lowest BCUT2D eigenvalue weighted by atomic mass is 9.93. The fourth-order valence-electron chi connectivity index (χ4n) is 2.41. The molecule has 2 aromatic rings. The smallest absolute Gasteiger partial charge is 0.271 e. The van der Waals surface area contributed by atoms with Crippen molar-refractivity contribution in [2.24, 2.45) is 0 Å². The molecule has 0 saturated carbocycles. The number of nitrogens with zero attached hydrogens (tertiary/aromatic N) is 1. The van der Waals surface area contributed by atoms with Crippen molar-refractivity contribution >= 4 is 5.91 Å². The van der Waals surface area contributed by atoms with E-state index in [1.54, 1.807) is 0 Å². The summed E-state index contributed by atoms with van der Waals surface area (Å²) in [5.74, 6) is 0.807. The van der Waals surface area contributed by atoms with E-state index in [0.29, 0.717) is 13.2 Å². The van der Waals surface area contributed by atoms with Crippen molar-refractivity contribution in [3.05, 3.63) is 58.0 Å². The van der Waals surface area contributed by atoms with E-state index in [1.165, 1.54) is 12.1 Å². The van der Waals surface area contributed by atoms with Gasteiger partial charge in [0.15, 0.2) is 0 Å². The zero-order valence-corrected chi connectivity index (χ0v) is 11.3. The zero-order valence-electron chi connectivity index (χ0n) is 11.3. The average molecular weight is 285 g/mol. The van der Waals surface area contributed by atoms with Gasteiger partial charge in [0.25, 0.3) is 11.5 Å². The summed E-state index contributed by atoms with van der Waals surface area (Å²) in [7, 11) is 0. The van der Waals surface area contributed by atoms with Crippen LogP contribution in [0.5, 0.6) is 5.75 Å². The van der Waals surface area contributed by atoms with E-state index in [4.69, 9.17) is 4.74 Å². The maximum Gasteiger partial charge on any atom is 0.271 e. The molecular formula is C15H15N3O3. The van der Waals surface area contributed by atoms with Gasteiger partial charge in [-0.1, -0.05) is 18.2 Å². The number of aromatic nitrogens is 2. The highest BCUT2D eigenvalue weighted by atomic mass is 16.5. The first-order valence-corrected chi connectivity index (χ1v) is 6.80. The molecule has 108 valence electrons. The molecule has 1 amide bonds. The summed E-state index contributed by atoms with van der Waals surface area (Å²) < 4.78 is 5.59. The van der Waals surface area contributed by atoms with Crippen molar-refractivity contribution in [2.45, 2.75) is 12.3 Å². The highest BCUT2D eigenvalue weighted by Gasteiger charge is 2.21. The SMILES string of the molecule is O=C(NCC1CCOc2ccccc21)c1ccc(=O)[nH]n1. The Bertz CT molecular complexity index is 691. The summed E-state index contributed by atoms with van der Waals surface area (Å²) in [6.45, 7) is 1.16. The fourth-order valence-corrected chi connectivity index (χ4v) is 2.41. The number of nitrogens with one attached hydrogen (secondary N) is 2. The molecule has 21 heavy (non-hydrogen) atoms. The van der Waals surface area contributed by atoms with Gasteiger partial charge in [-0.2, -0.15) is 5.10 Å². The maximum absolute atomic E-state index is 12.0. The Kier molecular flexibility index (Phi) is 3.68. The molecule has 6 nitrogen and oxygen atoms in total. The van der Waals surface area contributed by atoms with Crippen LogP contribution >= 0.6 is 0 Å². The molecule has 6 heteroatoms. The molecule has 1 aromatic carbocycles. The van der Waals surface area contributed by atoms with Crippen LogP contribution in [0.4, 0.5) is 0 Å². The predicted octanol–water partition coefficient (Wildman–Crippen LogP) is 1.07. The maximum atomic E-state index is 12.0. The largest absolute Gasteiger partial charge is 0.493 e. The number of carbonyl (C=O) groups is 1. The molecule has 0 aliphatic carbocycles. The number of aromatic amines is 1. The minimum absolute atomic E-state index is 0.204. The first kappa shape index (κ1) is 13.4. The normalized spacial score (nSPS) is 16.7. The minimum atomic E-state index is -0.329. The molecule has 1 aromatic heterocycles. The number of carbonyl (C=O) groups excluding carboxylic acids is 1. The van der Waals surface area contributed by atoms with Crippen LogP contribution in [0.3, 0.4) is 0 Å². The minimum Gasteiger partial charge on any atom is -0.493 e. The van der Waals surface area contributed by atoms with Crippen LogP contribution in [0.1, 0.15) is 28.4 Å². The first-order chi connectivity index (χ1) is 10.2. The van der Waals surface area contributed by atoms with Crippen LogP contribution in [0.2, 0.25) is 0 Å². The summed E-state index contributed by atoms with van der Waals surface area (Å²) in [5.41, 5.74) is 0.985. The number of ether oxygens (including phenoxy) is 1. The van der Waals surface area contributed by atoms with Gasteiger partial charge in [0, 0.05) is 18.5 Å². The van der Waals surface area contributed by atoms with Crippen LogP contribution in [0.15, 0.2) is 41.2 Å². The van der Waals surface area contributed by atoms with Crippen LogP contribution in [-0.2, 0) is 0 Å². The van der Waals surface area contributed by atoms with Crippen LogP contribution in [-0.4, -0.2) is 29.3 Å². The van der Waals surface area contributed by atoms with Crippen molar-refractivity contribution in [3.8, 4) is 5.75 Å². The highest BCUT2D eigenvalue weighted by Crippen LogP contribution is 2.32. The molecule has 3 rings (SSSR count). The van der Waals surface area contributed by atoms with Gasteiger partial charge in [0.2, 0.25) is 0 Å². The Morgan fingerprint density at radius 3 is 3.00 bits per heavy atom. The van der Waals surface area contributed by atoms with Crippen molar-refractivity contribution < 1.29 is 9.53 Å². The lowest BCUT2D eigenvalue weighted by molar-refractivity contribution is 0.0942. The summed E-state index contributed by atoms with van der Waals surface area (Å²) >= 11 is 0. The quantitative estimate of drug-likeness (QED) is 0.883. The number of H-pyrrole nitrogens is 1. The molecule has 0 bridgehead atoms. The summed E-state index contributed by atoms with van der Waals surface area (Å²) in [4.78, 5) is 22.9. The number of hydrogen-bond donors (Lipinski definition) is 2. The Hall–Kier alpha value is -2.63. The van der Waals surface area contributed by atoms with Gasteiger partial charge in [0.05, 0.1) is 6.61 Å². The fraction of sp³-hybridized carbons (Fsp3) is 0.267. The number of amides is 1. The molecule has 2 N–H and O–H groups in total. The van der Waals surface area contributed by atoms with Crippen LogP contribution in [0.25, 0.3) is 0 Å². The van der Waals surface area contributed by atoms with E-state index >= 15 is 0 Å². The predicted molar refractivity (Wildman–Crippen MR) is 76.5 cm³/mol. The van der Waals surface area contributed by atoms with Crippen molar-refractivity contribution in [1.82, 2.24) is 15.5 Å². The summed E-state index contributed by atoms with van der Waals surface area (Å²) in [5, 5.41) is 8.81. The third-order valence-corrected chi connectivity index (χ3v) is 3.50. The molecule has 2 heterocycles. The first-order valence-electron chi connectivity index (χ1n) is 6.80. The second kappa shape index (κ2) is 5.78. The molecule has 1 aliphatic rings. The monoisotopic (exact) mass is 285 g/mol. The Morgan fingerprint density at radius 1 is 1.33 bits per heavy atom. The molecular weight excluding hydrogens is 270 g/mol. The van der Waals surface area contributed by atoms with Crippen molar-refractivity contribution in [1.29, 1.82) is 0 Å². The number of fused-ring (bicyclic) bond motifs is 1. The molecule has 1 atom stereocenters. The van der Waals surface area contributed by atoms with E-state index in [-0.39, 0.29) is 23.1 Å². The number of rotatable bonds is 3. The van der Waals surface area contributed by atoms with Gasteiger partial charge < -0.3 is 10.1 Å². The van der Waals surface area contributed by atoms with Gasteiger partial charge in [-0.15, -0.1) is 0 Å². The van der Waals surface area contributed by atoms with Crippen LogP contribution in [0, 0.1) is 0 Å². The summed E-state index contributed by atoms with van der Waals surface area (Å²) in [6, 6.07) is 10.5. The van der Waals surface area contributed by atoms with Gasteiger partial charge in [-0.25, -0.2) is 5.10 Å². The van der Waals surface area contributed by atoms with Gasteiger partial charge >= 0.3 is 0 Å². The molecule has 0 fully saturated rings. The molecule has 0 radical (unpaired) electrons. The van der Waals surface area contributed by atoms with E-state index in [2.05, 4.69) is 15.5 Å². The summed E-state index contributed by atoms with van der Waals surface area (Å²) in [6.07, 6.45) is 0.857. The van der Waals surface area contributed by atoms with Gasteiger partial charge in [-0.3, -0.25) is 9.59 Å². The van der Waals surface area contributed by atoms with Gasteiger partial charge in [-0.05, 0) is 24.1 Å². The molecule has 1 aliphatic heterocycles. The van der Waals surface area contributed by atoms with E-state index in [0.717, 1.165) is 17.7 Å². The second-order valence-electron chi connectivity index (χ2n) is 4.89. The molecule has 1 unspecified atom stereocenters. The standard InChI is InChI=1S/C15H15N3O3/c19-14-6-5-12(17-18-14)15(20)16-9-10-7-8-21-13-4-2-1-3-11(10)13/h1-6,10H,7-9H2,(H,16,20)(H,18,19). The Labute approximate surface area is 121 Å². The number of benzene rings is 1. The van der Waals surface area contributed by atoms with E-state index < -0.39 is 0 Å². The average Bonchev–Trinajstić information content (AvgIpc) is 2.53. The number of para-hydroxylation sites is 1. The van der Waals surface area contributed by atoms with Gasteiger partial charge in [0.1, 0.15) is 11.4 Å². The van der Waals surface area contributed by atoms with E-state index in [1.807, 2.05) is 24.3 Å². The highest BCUT2D eigenvalue weighted by molar-refractivity contribution is 5.92. The third kappa shape index (κ3) is 2.94. The Balaban J connectivity index is 1.67. The van der Waals surface area contributed by atoms with E-state index in [9.17, 15) is 9.59 Å². The van der Waals surface area contributed by atoms with Crippen molar-refractivity contribution in [2.75, 3.05) is 13.2 Å². The Morgan fingerprint density at radius 2 is 2.19 bits per heavy atom.